The van der Waals surface area contributed by atoms with Crippen molar-refractivity contribution >= 4 is 0 Å². The third-order valence-electron chi connectivity index (χ3n) is 3.95. The van der Waals surface area contributed by atoms with Gasteiger partial charge in [0, 0.05) is 12.6 Å². The van der Waals surface area contributed by atoms with Crippen molar-refractivity contribution < 1.29 is 17.9 Å². The quantitative estimate of drug-likeness (QED) is 0.888. The Hall–Kier alpha value is -1.07. The fourth-order valence-corrected chi connectivity index (χ4v) is 2.76. The van der Waals surface area contributed by atoms with Crippen LogP contribution in [0.4, 0.5) is 13.2 Å². The molecule has 1 saturated carbocycles. The van der Waals surface area contributed by atoms with Crippen molar-refractivity contribution in [2.45, 2.75) is 57.5 Å². The number of alkyl halides is 3. The maximum absolute atomic E-state index is 12.2. The molecule has 2 nitrogen and oxygen atoms in total. The van der Waals surface area contributed by atoms with E-state index in [2.05, 4.69) is 24.4 Å². The van der Waals surface area contributed by atoms with Gasteiger partial charge in [-0.15, -0.1) is 0 Å². The Balaban J connectivity index is 1.78. The van der Waals surface area contributed by atoms with E-state index in [1.165, 1.54) is 11.1 Å². The molecule has 1 aliphatic rings. The normalized spacial score (nSPS) is 23.2. The summed E-state index contributed by atoms with van der Waals surface area (Å²) < 4.78 is 41.5. The van der Waals surface area contributed by atoms with E-state index in [1.54, 1.807) is 0 Å². The van der Waals surface area contributed by atoms with Crippen molar-refractivity contribution in [2.75, 3.05) is 6.61 Å². The van der Waals surface area contributed by atoms with Crippen LogP contribution in [-0.4, -0.2) is 24.9 Å². The van der Waals surface area contributed by atoms with Gasteiger partial charge in [-0.05, 0) is 43.7 Å². The molecule has 1 N–H and O–H groups in total. The van der Waals surface area contributed by atoms with Crippen molar-refractivity contribution in [1.82, 2.24) is 5.32 Å². The van der Waals surface area contributed by atoms with E-state index in [9.17, 15) is 13.2 Å². The Bertz CT molecular complexity index is 447. The van der Waals surface area contributed by atoms with E-state index in [0.717, 1.165) is 25.8 Å². The van der Waals surface area contributed by atoms with E-state index in [-0.39, 0.29) is 12.1 Å². The van der Waals surface area contributed by atoms with Crippen LogP contribution in [0.15, 0.2) is 24.3 Å². The first-order valence-electron chi connectivity index (χ1n) is 7.40. The summed E-state index contributed by atoms with van der Waals surface area (Å²) in [6.45, 7) is 1.68. The van der Waals surface area contributed by atoms with Gasteiger partial charge in [0.25, 0.3) is 0 Å². The van der Waals surface area contributed by atoms with Crippen molar-refractivity contribution in [3.8, 4) is 0 Å². The minimum absolute atomic E-state index is 0.233. The smallest absolute Gasteiger partial charge is 0.369 e. The molecule has 21 heavy (non-hydrogen) atoms. The van der Waals surface area contributed by atoms with Gasteiger partial charge in [0.15, 0.2) is 0 Å². The minimum Gasteiger partial charge on any atom is -0.369 e. The number of benzene rings is 1. The monoisotopic (exact) mass is 301 g/mol. The second kappa shape index (κ2) is 7.27. The number of rotatable bonds is 5. The Kier molecular flexibility index (Phi) is 5.65. The van der Waals surface area contributed by atoms with Crippen molar-refractivity contribution in [1.29, 1.82) is 0 Å². The number of hydrogen-bond donors (Lipinski definition) is 1. The van der Waals surface area contributed by atoms with Gasteiger partial charge < -0.3 is 10.1 Å². The van der Waals surface area contributed by atoms with Crippen LogP contribution in [0.5, 0.6) is 0 Å². The Morgan fingerprint density at radius 3 is 2.71 bits per heavy atom. The molecule has 118 valence electrons. The molecule has 2 unspecified atom stereocenters. The molecule has 5 heteroatoms. The van der Waals surface area contributed by atoms with Gasteiger partial charge >= 0.3 is 6.18 Å². The van der Waals surface area contributed by atoms with Gasteiger partial charge in [-0.25, -0.2) is 0 Å². The maximum atomic E-state index is 12.2. The predicted octanol–water partition coefficient (Wildman–Crippen LogP) is 3.97. The first-order valence-corrected chi connectivity index (χ1v) is 7.40. The Morgan fingerprint density at radius 1 is 1.24 bits per heavy atom. The summed E-state index contributed by atoms with van der Waals surface area (Å²) in [4.78, 5) is 0. The van der Waals surface area contributed by atoms with Gasteiger partial charge in [-0.2, -0.15) is 13.2 Å². The fraction of sp³-hybridized carbons (Fsp3) is 0.625. The van der Waals surface area contributed by atoms with Gasteiger partial charge in [-0.1, -0.05) is 24.3 Å². The molecule has 0 aliphatic heterocycles. The molecule has 0 heterocycles. The van der Waals surface area contributed by atoms with E-state index in [4.69, 9.17) is 4.74 Å². The fourth-order valence-electron chi connectivity index (χ4n) is 2.76. The van der Waals surface area contributed by atoms with Crippen LogP contribution in [0.1, 0.15) is 36.8 Å². The maximum Gasteiger partial charge on any atom is 0.411 e. The molecule has 1 fully saturated rings. The zero-order valence-corrected chi connectivity index (χ0v) is 12.2. The molecule has 0 saturated heterocycles. The summed E-state index contributed by atoms with van der Waals surface area (Å²) in [7, 11) is 0. The van der Waals surface area contributed by atoms with Crippen LogP contribution in [-0.2, 0) is 11.3 Å². The van der Waals surface area contributed by atoms with Crippen molar-refractivity contribution in [3.05, 3.63) is 35.4 Å². The van der Waals surface area contributed by atoms with E-state index >= 15 is 0 Å². The molecule has 1 aliphatic carbocycles. The summed E-state index contributed by atoms with van der Waals surface area (Å²) in [5.41, 5.74) is 2.46. The molecule has 0 amide bonds. The number of ether oxygens (including phenoxy) is 1. The van der Waals surface area contributed by atoms with Gasteiger partial charge in [0.1, 0.15) is 6.61 Å². The molecule has 2 atom stereocenters. The van der Waals surface area contributed by atoms with Crippen molar-refractivity contribution in [3.63, 3.8) is 0 Å². The molecule has 0 spiro atoms. The highest BCUT2D eigenvalue weighted by Crippen LogP contribution is 2.24. The van der Waals surface area contributed by atoms with Crippen molar-refractivity contribution in [2.24, 2.45) is 0 Å². The summed E-state index contributed by atoms with van der Waals surface area (Å²) >= 11 is 0. The minimum atomic E-state index is -4.23. The molecule has 1 aromatic carbocycles. The third-order valence-corrected chi connectivity index (χ3v) is 3.95. The van der Waals surface area contributed by atoms with Gasteiger partial charge in [-0.3, -0.25) is 0 Å². The lowest BCUT2D eigenvalue weighted by molar-refractivity contribution is -0.188. The van der Waals surface area contributed by atoms with Crippen LogP contribution in [0.3, 0.4) is 0 Å². The van der Waals surface area contributed by atoms with Crippen LogP contribution in [0.2, 0.25) is 0 Å². The average molecular weight is 301 g/mol. The summed E-state index contributed by atoms with van der Waals surface area (Å²) in [5, 5.41) is 3.44. The largest absolute Gasteiger partial charge is 0.411 e. The Morgan fingerprint density at radius 2 is 2.00 bits per heavy atom. The molecular formula is C16H22F3NO. The number of aryl methyl sites for hydroxylation is 1. The Labute approximate surface area is 123 Å². The van der Waals surface area contributed by atoms with Crippen LogP contribution in [0, 0.1) is 6.92 Å². The van der Waals surface area contributed by atoms with Crippen LogP contribution < -0.4 is 5.32 Å². The average Bonchev–Trinajstić information content (AvgIpc) is 2.44. The van der Waals surface area contributed by atoms with Gasteiger partial charge in [0.2, 0.25) is 0 Å². The SMILES string of the molecule is Cc1ccccc1CNC1CCCC(OCC(F)(F)F)C1. The first-order chi connectivity index (χ1) is 9.94. The molecule has 0 aromatic heterocycles. The number of halogens is 3. The molecule has 0 bridgehead atoms. The zero-order chi connectivity index (χ0) is 15.3. The standard InChI is InChI=1S/C16H22F3NO/c1-12-5-2-3-6-13(12)10-20-14-7-4-8-15(9-14)21-11-16(17,18)19/h2-3,5-6,14-15,20H,4,7-11H2,1H3. The van der Waals surface area contributed by atoms with E-state index in [0.29, 0.717) is 6.42 Å². The summed E-state index contributed by atoms with van der Waals surface area (Å²) in [5.74, 6) is 0. The highest BCUT2D eigenvalue weighted by molar-refractivity contribution is 5.25. The lowest BCUT2D eigenvalue weighted by Crippen LogP contribution is -2.37. The number of hydrogen-bond acceptors (Lipinski definition) is 2. The highest BCUT2D eigenvalue weighted by Gasteiger charge is 2.31. The molecule has 1 aromatic rings. The zero-order valence-electron chi connectivity index (χ0n) is 12.2. The lowest BCUT2D eigenvalue weighted by atomic mass is 9.92. The van der Waals surface area contributed by atoms with E-state index < -0.39 is 12.8 Å². The summed E-state index contributed by atoms with van der Waals surface area (Å²) in [6.07, 6.45) is -1.23. The predicted molar refractivity (Wildman–Crippen MR) is 76.1 cm³/mol. The first kappa shape index (κ1) is 16.3. The highest BCUT2D eigenvalue weighted by atomic mass is 19.4. The van der Waals surface area contributed by atoms with Gasteiger partial charge in [0.05, 0.1) is 6.10 Å². The molecule has 2 rings (SSSR count). The molecule has 0 radical (unpaired) electrons. The lowest BCUT2D eigenvalue weighted by Gasteiger charge is -2.30. The van der Waals surface area contributed by atoms with Crippen LogP contribution in [0.25, 0.3) is 0 Å². The third kappa shape index (κ3) is 5.67. The second-order valence-electron chi connectivity index (χ2n) is 5.72. The number of nitrogens with one attached hydrogen (secondary N) is 1. The van der Waals surface area contributed by atoms with Crippen LogP contribution >= 0.6 is 0 Å². The molecular weight excluding hydrogens is 279 g/mol. The van der Waals surface area contributed by atoms with E-state index in [1.807, 2.05) is 12.1 Å². The summed E-state index contributed by atoms with van der Waals surface area (Å²) in [6, 6.07) is 8.37. The topological polar surface area (TPSA) is 21.3 Å². The second-order valence-corrected chi connectivity index (χ2v) is 5.72.